The molecule has 1 saturated heterocycles. The molecule has 0 unspecified atom stereocenters. The number of unbranched alkanes of at least 4 members (excludes halogenated alkanes) is 1. The van der Waals surface area contributed by atoms with Crippen LogP contribution in [0.1, 0.15) is 40.1 Å². The normalized spacial score (nSPS) is 14.6. The molecular formula is C18H24N4O2S. The summed E-state index contributed by atoms with van der Waals surface area (Å²) in [7, 11) is 0. The van der Waals surface area contributed by atoms with Gasteiger partial charge in [-0.25, -0.2) is 9.97 Å². The lowest BCUT2D eigenvalue weighted by atomic mass is 10.3. The van der Waals surface area contributed by atoms with Crippen LogP contribution in [0, 0.1) is 6.92 Å². The Morgan fingerprint density at radius 2 is 2.16 bits per heavy atom. The molecule has 25 heavy (non-hydrogen) atoms. The number of carbonyl (C=O) groups is 1. The molecule has 1 amide bonds. The highest BCUT2D eigenvalue weighted by atomic mass is 32.1. The number of hydrogen-bond donors (Lipinski definition) is 1. The van der Waals surface area contributed by atoms with Gasteiger partial charge < -0.3 is 15.0 Å². The smallest absolute Gasteiger partial charge is 0.267 e. The van der Waals surface area contributed by atoms with Crippen LogP contribution in [0.15, 0.2) is 18.3 Å². The summed E-state index contributed by atoms with van der Waals surface area (Å²) in [5, 5.41) is 3.96. The minimum atomic E-state index is -0.112. The summed E-state index contributed by atoms with van der Waals surface area (Å²) in [6.07, 6.45) is 4.87. The number of thiazole rings is 1. The van der Waals surface area contributed by atoms with E-state index in [4.69, 9.17) is 4.74 Å². The molecule has 7 heteroatoms. The molecule has 0 bridgehead atoms. The first-order valence-electron chi connectivity index (χ1n) is 8.73. The van der Waals surface area contributed by atoms with Crippen molar-refractivity contribution in [3.8, 4) is 0 Å². The first-order chi connectivity index (χ1) is 12.2. The van der Waals surface area contributed by atoms with Gasteiger partial charge in [0.25, 0.3) is 5.91 Å². The molecular weight excluding hydrogens is 336 g/mol. The van der Waals surface area contributed by atoms with E-state index >= 15 is 0 Å². The minimum absolute atomic E-state index is 0.112. The molecule has 1 N–H and O–H groups in total. The van der Waals surface area contributed by atoms with Crippen LogP contribution in [0.4, 0.5) is 11.5 Å². The molecule has 134 valence electrons. The van der Waals surface area contributed by atoms with Crippen molar-refractivity contribution in [1.82, 2.24) is 9.97 Å². The van der Waals surface area contributed by atoms with Crippen LogP contribution in [0.5, 0.6) is 0 Å². The van der Waals surface area contributed by atoms with Crippen LogP contribution in [-0.4, -0.2) is 42.2 Å². The third kappa shape index (κ3) is 4.55. The van der Waals surface area contributed by atoms with Crippen molar-refractivity contribution < 1.29 is 9.53 Å². The number of anilines is 2. The molecule has 1 aliphatic rings. The van der Waals surface area contributed by atoms with Gasteiger partial charge in [0, 0.05) is 13.1 Å². The maximum atomic E-state index is 12.5. The number of morpholine rings is 1. The van der Waals surface area contributed by atoms with Crippen LogP contribution < -0.4 is 10.2 Å². The van der Waals surface area contributed by atoms with E-state index in [1.165, 1.54) is 11.3 Å². The van der Waals surface area contributed by atoms with Crippen molar-refractivity contribution in [2.45, 2.75) is 33.1 Å². The lowest BCUT2D eigenvalue weighted by molar-refractivity contribution is 0.103. The minimum Gasteiger partial charge on any atom is -0.378 e. The number of aryl methyl sites for hydroxylation is 2. The number of hydrogen-bond acceptors (Lipinski definition) is 6. The average Bonchev–Trinajstić information content (AvgIpc) is 3.02. The molecule has 1 fully saturated rings. The number of rotatable bonds is 6. The number of carbonyl (C=O) groups excluding carboxylic acids is 1. The highest BCUT2D eigenvalue weighted by molar-refractivity contribution is 7.13. The lowest BCUT2D eigenvalue weighted by Crippen LogP contribution is -2.36. The highest BCUT2D eigenvalue weighted by Gasteiger charge is 2.16. The van der Waals surface area contributed by atoms with E-state index in [0.717, 1.165) is 62.1 Å². The molecule has 6 nitrogen and oxygen atoms in total. The van der Waals surface area contributed by atoms with Crippen molar-refractivity contribution >= 4 is 28.7 Å². The molecule has 0 radical (unpaired) electrons. The first-order valence-corrected chi connectivity index (χ1v) is 9.55. The molecule has 1 aliphatic heterocycles. The van der Waals surface area contributed by atoms with E-state index in [-0.39, 0.29) is 5.91 Å². The van der Waals surface area contributed by atoms with Crippen molar-refractivity contribution in [2.24, 2.45) is 0 Å². The standard InChI is InChI=1S/C18H24N4O2S/c1-3-4-5-16-20-13(2)17(25-16)18(23)21-14-6-7-15(19-12-14)22-8-10-24-11-9-22/h6-7,12H,3-5,8-11H2,1-2H3,(H,21,23). The third-order valence-electron chi connectivity index (χ3n) is 4.13. The van der Waals surface area contributed by atoms with Gasteiger partial charge in [0.1, 0.15) is 10.7 Å². The van der Waals surface area contributed by atoms with Gasteiger partial charge in [0.05, 0.1) is 35.8 Å². The summed E-state index contributed by atoms with van der Waals surface area (Å²) in [5.41, 5.74) is 1.50. The molecule has 3 heterocycles. The summed E-state index contributed by atoms with van der Waals surface area (Å²) in [6, 6.07) is 3.83. The predicted octanol–water partition coefficient (Wildman–Crippen LogP) is 3.28. The van der Waals surface area contributed by atoms with Crippen LogP contribution in [0.2, 0.25) is 0 Å². The number of pyridine rings is 1. The zero-order chi connectivity index (χ0) is 17.6. The average molecular weight is 360 g/mol. The molecule has 0 saturated carbocycles. The van der Waals surface area contributed by atoms with E-state index in [0.29, 0.717) is 10.6 Å². The van der Waals surface area contributed by atoms with E-state index in [1.807, 2.05) is 19.1 Å². The Kier molecular flexibility index (Phi) is 5.99. The Hall–Kier alpha value is -1.99. The molecule has 2 aromatic heterocycles. The molecule has 2 aromatic rings. The molecule has 3 rings (SSSR count). The van der Waals surface area contributed by atoms with Crippen LogP contribution in [0.25, 0.3) is 0 Å². The van der Waals surface area contributed by atoms with Crippen LogP contribution in [-0.2, 0) is 11.2 Å². The summed E-state index contributed by atoms with van der Waals surface area (Å²) in [6.45, 7) is 7.19. The predicted molar refractivity (Wildman–Crippen MR) is 101 cm³/mol. The summed E-state index contributed by atoms with van der Waals surface area (Å²) in [4.78, 5) is 24.4. The van der Waals surface area contributed by atoms with Crippen molar-refractivity contribution in [3.05, 3.63) is 33.9 Å². The summed E-state index contributed by atoms with van der Waals surface area (Å²) < 4.78 is 5.35. The first kappa shape index (κ1) is 17.8. The fraction of sp³-hybridized carbons (Fsp3) is 0.500. The van der Waals surface area contributed by atoms with Gasteiger partial charge in [-0.15, -0.1) is 11.3 Å². The quantitative estimate of drug-likeness (QED) is 0.856. The third-order valence-corrected chi connectivity index (χ3v) is 5.35. The van der Waals surface area contributed by atoms with E-state index in [1.54, 1.807) is 6.20 Å². The van der Waals surface area contributed by atoms with Crippen molar-refractivity contribution in [3.63, 3.8) is 0 Å². The molecule has 0 atom stereocenters. The lowest BCUT2D eigenvalue weighted by Gasteiger charge is -2.27. The SMILES string of the molecule is CCCCc1nc(C)c(C(=O)Nc2ccc(N3CCOCC3)nc2)s1. The largest absolute Gasteiger partial charge is 0.378 e. The van der Waals surface area contributed by atoms with Crippen LogP contribution in [0.3, 0.4) is 0 Å². The zero-order valence-electron chi connectivity index (χ0n) is 14.7. The summed E-state index contributed by atoms with van der Waals surface area (Å²) in [5.74, 6) is 0.802. The second kappa shape index (κ2) is 8.40. The van der Waals surface area contributed by atoms with E-state index in [9.17, 15) is 4.79 Å². The Morgan fingerprint density at radius 3 is 2.84 bits per heavy atom. The van der Waals surface area contributed by atoms with Gasteiger partial charge in [0.2, 0.25) is 0 Å². The van der Waals surface area contributed by atoms with Gasteiger partial charge >= 0.3 is 0 Å². The number of aromatic nitrogens is 2. The fourth-order valence-electron chi connectivity index (χ4n) is 2.73. The van der Waals surface area contributed by atoms with Gasteiger partial charge in [-0.2, -0.15) is 0 Å². The topological polar surface area (TPSA) is 67.4 Å². The molecule has 0 aromatic carbocycles. The highest BCUT2D eigenvalue weighted by Crippen LogP contribution is 2.22. The second-order valence-corrected chi connectivity index (χ2v) is 7.17. The number of nitrogens with one attached hydrogen (secondary N) is 1. The zero-order valence-corrected chi connectivity index (χ0v) is 15.6. The Morgan fingerprint density at radius 1 is 1.36 bits per heavy atom. The number of amides is 1. The van der Waals surface area contributed by atoms with Gasteiger partial charge in [-0.1, -0.05) is 13.3 Å². The molecule has 0 spiro atoms. The van der Waals surface area contributed by atoms with E-state index < -0.39 is 0 Å². The van der Waals surface area contributed by atoms with E-state index in [2.05, 4.69) is 27.1 Å². The van der Waals surface area contributed by atoms with Crippen LogP contribution >= 0.6 is 11.3 Å². The number of ether oxygens (including phenoxy) is 1. The van der Waals surface area contributed by atoms with Gasteiger partial charge in [-0.05, 0) is 31.9 Å². The second-order valence-electron chi connectivity index (χ2n) is 6.08. The number of nitrogens with zero attached hydrogens (tertiary/aromatic N) is 3. The Bertz CT molecular complexity index is 708. The van der Waals surface area contributed by atoms with Gasteiger partial charge in [-0.3, -0.25) is 4.79 Å². The van der Waals surface area contributed by atoms with Crippen molar-refractivity contribution in [1.29, 1.82) is 0 Å². The van der Waals surface area contributed by atoms with Crippen molar-refractivity contribution in [2.75, 3.05) is 36.5 Å². The Labute approximate surface area is 152 Å². The van der Waals surface area contributed by atoms with Gasteiger partial charge in [0.15, 0.2) is 0 Å². The molecule has 0 aliphatic carbocycles. The maximum Gasteiger partial charge on any atom is 0.267 e. The maximum absolute atomic E-state index is 12.5. The monoisotopic (exact) mass is 360 g/mol. The Balaban J connectivity index is 1.63. The fourth-order valence-corrected chi connectivity index (χ4v) is 3.73. The summed E-state index contributed by atoms with van der Waals surface area (Å²) >= 11 is 1.49.